The Bertz CT molecular complexity index is 700. The zero-order chi connectivity index (χ0) is 15.0. The minimum Gasteiger partial charge on any atom is -0.493 e. The summed E-state index contributed by atoms with van der Waals surface area (Å²) >= 11 is 0. The first kappa shape index (κ1) is 13.5. The first-order valence-corrected chi connectivity index (χ1v) is 6.98. The third-order valence-corrected chi connectivity index (χ3v) is 3.75. The van der Waals surface area contributed by atoms with Gasteiger partial charge < -0.3 is 15.8 Å². The molecule has 0 radical (unpaired) electrons. The number of amides is 1. The Kier molecular flexibility index (Phi) is 3.29. The largest absolute Gasteiger partial charge is 0.493 e. The van der Waals surface area contributed by atoms with E-state index in [1.807, 2.05) is 38.1 Å². The van der Waals surface area contributed by atoms with E-state index < -0.39 is 0 Å². The van der Waals surface area contributed by atoms with E-state index in [9.17, 15) is 4.79 Å². The second kappa shape index (κ2) is 5.13. The Hall–Kier alpha value is -2.49. The van der Waals surface area contributed by atoms with Crippen LogP contribution in [-0.2, 0) is 6.42 Å². The zero-order valence-corrected chi connectivity index (χ0v) is 12.2. The Balaban J connectivity index is 1.87. The Morgan fingerprint density at radius 2 is 1.90 bits per heavy atom. The first-order chi connectivity index (χ1) is 10.0. The molecule has 108 valence electrons. The second-order valence-electron chi connectivity index (χ2n) is 5.40. The lowest BCUT2D eigenvalue weighted by molar-refractivity contribution is 0.102. The fourth-order valence-corrected chi connectivity index (χ4v) is 2.71. The van der Waals surface area contributed by atoms with Gasteiger partial charge in [-0.2, -0.15) is 0 Å². The molecule has 1 aliphatic rings. The van der Waals surface area contributed by atoms with Crippen LogP contribution in [0, 0.1) is 13.8 Å². The average molecular weight is 282 g/mol. The van der Waals surface area contributed by atoms with Crippen LogP contribution in [0.4, 0.5) is 11.4 Å². The third kappa shape index (κ3) is 2.57. The summed E-state index contributed by atoms with van der Waals surface area (Å²) in [6.45, 7) is 4.57. The summed E-state index contributed by atoms with van der Waals surface area (Å²) in [7, 11) is 0. The summed E-state index contributed by atoms with van der Waals surface area (Å²) in [5.74, 6) is 0.770. The fourth-order valence-electron chi connectivity index (χ4n) is 2.71. The summed E-state index contributed by atoms with van der Waals surface area (Å²) in [6.07, 6.45) is 0.858. The van der Waals surface area contributed by atoms with Crippen LogP contribution in [0.1, 0.15) is 27.0 Å². The summed E-state index contributed by atoms with van der Waals surface area (Å²) in [6, 6.07) is 9.28. The number of carbonyl (C=O) groups excluding carboxylic acids is 1. The molecule has 0 aromatic heterocycles. The molecule has 4 heteroatoms. The standard InChI is InChI=1S/C17H18N2O2/c1-10-7-14(18)8-11(2)16(10)19-17(20)13-3-4-15-12(9-13)5-6-21-15/h3-4,7-9H,5-6,18H2,1-2H3,(H,19,20). The van der Waals surface area contributed by atoms with Gasteiger partial charge in [-0.25, -0.2) is 0 Å². The lowest BCUT2D eigenvalue weighted by Crippen LogP contribution is -2.14. The van der Waals surface area contributed by atoms with Gasteiger partial charge in [0.25, 0.3) is 5.91 Å². The van der Waals surface area contributed by atoms with Crippen LogP contribution in [0.15, 0.2) is 30.3 Å². The highest BCUT2D eigenvalue weighted by Gasteiger charge is 2.16. The molecule has 2 aromatic rings. The molecule has 0 atom stereocenters. The average Bonchev–Trinajstić information content (AvgIpc) is 2.89. The highest BCUT2D eigenvalue weighted by Crippen LogP contribution is 2.27. The van der Waals surface area contributed by atoms with Gasteiger partial charge in [0.05, 0.1) is 6.61 Å². The van der Waals surface area contributed by atoms with Crippen molar-refractivity contribution in [2.24, 2.45) is 0 Å². The molecule has 1 heterocycles. The molecule has 0 aliphatic carbocycles. The van der Waals surface area contributed by atoms with Gasteiger partial charge in [0.2, 0.25) is 0 Å². The molecular formula is C17H18N2O2. The van der Waals surface area contributed by atoms with Crippen LogP contribution in [0.3, 0.4) is 0 Å². The minimum absolute atomic E-state index is 0.110. The van der Waals surface area contributed by atoms with Crippen LogP contribution in [0.5, 0.6) is 5.75 Å². The van der Waals surface area contributed by atoms with E-state index in [1.165, 1.54) is 0 Å². The predicted molar refractivity (Wildman–Crippen MR) is 83.9 cm³/mol. The zero-order valence-electron chi connectivity index (χ0n) is 12.2. The van der Waals surface area contributed by atoms with Gasteiger partial charge in [0.1, 0.15) is 5.75 Å². The minimum atomic E-state index is -0.110. The summed E-state index contributed by atoms with van der Waals surface area (Å²) in [5, 5.41) is 2.98. The number of hydrogen-bond acceptors (Lipinski definition) is 3. The maximum absolute atomic E-state index is 12.4. The molecule has 0 saturated heterocycles. The molecule has 1 amide bonds. The fraction of sp³-hybridized carbons (Fsp3) is 0.235. The number of nitrogens with two attached hydrogens (primary N) is 1. The van der Waals surface area contributed by atoms with Crippen molar-refractivity contribution in [3.8, 4) is 5.75 Å². The van der Waals surface area contributed by atoms with Gasteiger partial charge in [-0.1, -0.05) is 0 Å². The molecule has 0 unspecified atom stereocenters. The van der Waals surface area contributed by atoms with Crippen molar-refractivity contribution in [1.29, 1.82) is 0 Å². The van der Waals surface area contributed by atoms with E-state index in [1.54, 1.807) is 6.07 Å². The van der Waals surface area contributed by atoms with E-state index >= 15 is 0 Å². The maximum atomic E-state index is 12.4. The Labute approximate surface area is 123 Å². The highest BCUT2D eigenvalue weighted by atomic mass is 16.5. The molecule has 2 aromatic carbocycles. The van der Waals surface area contributed by atoms with E-state index in [4.69, 9.17) is 10.5 Å². The van der Waals surface area contributed by atoms with Gasteiger partial charge in [-0.15, -0.1) is 0 Å². The molecule has 21 heavy (non-hydrogen) atoms. The van der Waals surface area contributed by atoms with Gasteiger partial charge in [0.15, 0.2) is 0 Å². The number of fused-ring (bicyclic) bond motifs is 1. The van der Waals surface area contributed by atoms with Gasteiger partial charge in [0, 0.05) is 23.4 Å². The number of nitrogen functional groups attached to an aromatic ring is 1. The quantitative estimate of drug-likeness (QED) is 0.832. The van der Waals surface area contributed by atoms with Crippen LogP contribution >= 0.6 is 0 Å². The van der Waals surface area contributed by atoms with E-state index in [2.05, 4.69) is 5.32 Å². The van der Waals surface area contributed by atoms with Crippen LogP contribution in [0.25, 0.3) is 0 Å². The number of benzene rings is 2. The maximum Gasteiger partial charge on any atom is 0.255 e. The van der Waals surface area contributed by atoms with Gasteiger partial charge in [-0.3, -0.25) is 4.79 Å². The molecule has 0 fully saturated rings. The number of hydrogen-bond donors (Lipinski definition) is 2. The van der Waals surface area contributed by atoms with Crippen LogP contribution in [0.2, 0.25) is 0 Å². The molecule has 1 aliphatic heterocycles. The van der Waals surface area contributed by atoms with E-state index in [0.717, 1.165) is 34.5 Å². The summed E-state index contributed by atoms with van der Waals surface area (Å²) in [4.78, 5) is 12.4. The lowest BCUT2D eigenvalue weighted by Gasteiger charge is -2.13. The predicted octanol–water partition coefficient (Wildman–Crippen LogP) is 3.07. The van der Waals surface area contributed by atoms with Crippen molar-refractivity contribution < 1.29 is 9.53 Å². The number of anilines is 2. The highest BCUT2D eigenvalue weighted by molar-refractivity contribution is 6.05. The number of nitrogens with one attached hydrogen (secondary N) is 1. The van der Waals surface area contributed by atoms with E-state index in [0.29, 0.717) is 17.9 Å². The van der Waals surface area contributed by atoms with Gasteiger partial charge in [-0.05, 0) is 60.9 Å². The molecule has 4 nitrogen and oxygen atoms in total. The molecular weight excluding hydrogens is 264 g/mol. The van der Waals surface area contributed by atoms with Crippen molar-refractivity contribution in [3.05, 3.63) is 52.6 Å². The van der Waals surface area contributed by atoms with E-state index in [-0.39, 0.29) is 5.91 Å². The van der Waals surface area contributed by atoms with Crippen molar-refractivity contribution in [2.75, 3.05) is 17.7 Å². The topological polar surface area (TPSA) is 64.3 Å². The Morgan fingerprint density at radius 1 is 1.19 bits per heavy atom. The SMILES string of the molecule is Cc1cc(N)cc(C)c1NC(=O)c1ccc2c(c1)CCO2. The normalized spacial score (nSPS) is 12.7. The number of aryl methyl sites for hydroxylation is 2. The molecule has 0 spiro atoms. The third-order valence-electron chi connectivity index (χ3n) is 3.75. The number of rotatable bonds is 2. The van der Waals surface area contributed by atoms with Gasteiger partial charge >= 0.3 is 0 Å². The van der Waals surface area contributed by atoms with Crippen molar-refractivity contribution in [2.45, 2.75) is 20.3 Å². The summed E-state index contributed by atoms with van der Waals surface area (Å²) < 4.78 is 5.46. The van der Waals surface area contributed by atoms with Crippen LogP contribution < -0.4 is 15.8 Å². The molecule has 3 rings (SSSR count). The molecule has 0 bridgehead atoms. The lowest BCUT2D eigenvalue weighted by atomic mass is 10.1. The summed E-state index contributed by atoms with van der Waals surface area (Å²) in [5.41, 5.74) is 11.0. The number of ether oxygens (including phenoxy) is 1. The van der Waals surface area contributed by atoms with Crippen LogP contribution in [-0.4, -0.2) is 12.5 Å². The van der Waals surface area contributed by atoms with Crippen molar-refractivity contribution in [1.82, 2.24) is 0 Å². The van der Waals surface area contributed by atoms with Crippen molar-refractivity contribution >= 4 is 17.3 Å². The number of carbonyl (C=O) groups is 1. The monoisotopic (exact) mass is 282 g/mol. The smallest absolute Gasteiger partial charge is 0.255 e. The first-order valence-electron chi connectivity index (χ1n) is 6.98. The molecule has 3 N–H and O–H groups in total. The Morgan fingerprint density at radius 3 is 2.62 bits per heavy atom. The van der Waals surface area contributed by atoms with Crippen molar-refractivity contribution in [3.63, 3.8) is 0 Å². The molecule has 0 saturated carbocycles. The second-order valence-corrected chi connectivity index (χ2v) is 5.40.